The minimum Gasteiger partial charge on any atom is -0.515 e. The number of rotatable bonds is 2. The Kier molecular flexibility index (Phi) is 4.48. The van der Waals surface area contributed by atoms with Crippen LogP contribution >= 0.6 is 22.6 Å². The van der Waals surface area contributed by atoms with Gasteiger partial charge in [-0.3, -0.25) is 10.2 Å². The van der Waals surface area contributed by atoms with Gasteiger partial charge < -0.3 is 10.4 Å². The number of nitrogens with one attached hydrogen (secondary N) is 2. The van der Waals surface area contributed by atoms with E-state index in [-0.39, 0.29) is 11.7 Å². The zero-order valence-electron chi connectivity index (χ0n) is 8.62. The maximum Gasteiger partial charge on any atom is 0.256 e. The SMILES string of the molecule is Cc1ccc(C(=O)NC(=N)/C=C\O)cc1I. The molecule has 0 aromatic heterocycles. The average molecular weight is 330 g/mol. The number of benzene rings is 1. The van der Waals surface area contributed by atoms with E-state index in [1.54, 1.807) is 12.1 Å². The largest absolute Gasteiger partial charge is 0.515 e. The third kappa shape index (κ3) is 3.34. The van der Waals surface area contributed by atoms with E-state index in [1.165, 1.54) is 0 Å². The molecule has 0 saturated carbocycles. The molecular weight excluding hydrogens is 319 g/mol. The number of aryl methyl sites for hydroxylation is 1. The summed E-state index contributed by atoms with van der Waals surface area (Å²) in [5.74, 6) is -0.510. The lowest BCUT2D eigenvalue weighted by molar-refractivity contribution is 0.0977. The number of hydrogen-bond donors (Lipinski definition) is 3. The first-order valence-electron chi connectivity index (χ1n) is 4.51. The fourth-order valence-electron chi connectivity index (χ4n) is 1.04. The lowest BCUT2D eigenvalue weighted by atomic mass is 10.1. The van der Waals surface area contributed by atoms with Crippen molar-refractivity contribution in [2.45, 2.75) is 6.92 Å². The lowest BCUT2D eigenvalue weighted by Crippen LogP contribution is -2.28. The molecule has 1 amide bonds. The maximum atomic E-state index is 11.6. The van der Waals surface area contributed by atoms with Gasteiger partial charge in [0.05, 0.1) is 6.26 Å². The van der Waals surface area contributed by atoms with Crippen LogP contribution in [0.4, 0.5) is 0 Å². The summed E-state index contributed by atoms with van der Waals surface area (Å²) in [5, 5.41) is 18.0. The molecule has 1 aromatic rings. The average Bonchev–Trinajstić information content (AvgIpc) is 2.22. The zero-order chi connectivity index (χ0) is 12.1. The van der Waals surface area contributed by atoms with E-state index in [2.05, 4.69) is 27.9 Å². The van der Waals surface area contributed by atoms with E-state index >= 15 is 0 Å². The van der Waals surface area contributed by atoms with Crippen LogP contribution in [0.2, 0.25) is 0 Å². The van der Waals surface area contributed by atoms with Gasteiger partial charge in [-0.05, 0) is 47.2 Å². The molecule has 16 heavy (non-hydrogen) atoms. The third-order valence-corrected chi connectivity index (χ3v) is 3.09. The number of carbonyl (C=O) groups excluding carboxylic acids is 1. The van der Waals surface area contributed by atoms with Gasteiger partial charge >= 0.3 is 0 Å². The smallest absolute Gasteiger partial charge is 0.256 e. The monoisotopic (exact) mass is 330 g/mol. The Hall–Kier alpha value is -1.37. The Morgan fingerprint density at radius 1 is 1.56 bits per heavy atom. The van der Waals surface area contributed by atoms with Crippen molar-refractivity contribution in [1.29, 1.82) is 5.41 Å². The summed E-state index contributed by atoms with van der Waals surface area (Å²) >= 11 is 2.15. The third-order valence-electron chi connectivity index (χ3n) is 1.92. The van der Waals surface area contributed by atoms with Gasteiger partial charge in [0.2, 0.25) is 0 Å². The lowest BCUT2D eigenvalue weighted by Gasteiger charge is -2.04. The van der Waals surface area contributed by atoms with Gasteiger partial charge in [-0.15, -0.1) is 0 Å². The molecule has 0 saturated heterocycles. The van der Waals surface area contributed by atoms with Crippen LogP contribution in [0.5, 0.6) is 0 Å². The van der Waals surface area contributed by atoms with Crippen LogP contribution in [0.25, 0.3) is 0 Å². The molecule has 0 fully saturated rings. The first kappa shape index (κ1) is 12.7. The molecule has 3 N–H and O–H groups in total. The maximum absolute atomic E-state index is 11.6. The van der Waals surface area contributed by atoms with Gasteiger partial charge in [0, 0.05) is 15.2 Å². The van der Waals surface area contributed by atoms with Crippen LogP contribution in [-0.4, -0.2) is 16.8 Å². The summed E-state index contributed by atoms with van der Waals surface area (Å²) in [6.07, 6.45) is 1.80. The van der Waals surface area contributed by atoms with Crippen molar-refractivity contribution in [2.24, 2.45) is 0 Å². The predicted octanol–water partition coefficient (Wildman–Crippen LogP) is 2.38. The molecule has 0 unspecified atom stereocenters. The molecule has 1 rings (SSSR count). The van der Waals surface area contributed by atoms with E-state index in [1.807, 2.05) is 13.0 Å². The fraction of sp³-hybridized carbons (Fsp3) is 0.0909. The van der Waals surface area contributed by atoms with Gasteiger partial charge in [-0.1, -0.05) is 6.07 Å². The molecule has 0 heterocycles. The topological polar surface area (TPSA) is 73.2 Å². The second-order valence-corrected chi connectivity index (χ2v) is 4.31. The molecule has 0 bridgehead atoms. The first-order valence-corrected chi connectivity index (χ1v) is 5.59. The predicted molar refractivity (Wildman–Crippen MR) is 70.9 cm³/mol. The minimum absolute atomic E-state index is 0.150. The van der Waals surface area contributed by atoms with E-state index in [0.717, 1.165) is 15.2 Å². The molecule has 0 radical (unpaired) electrons. The molecule has 0 aliphatic heterocycles. The van der Waals surface area contributed by atoms with E-state index in [9.17, 15) is 4.79 Å². The number of halogens is 1. The molecule has 1 aromatic carbocycles. The summed E-state index contributed by atoms with van der Waals surface area (Å²) < 4.78 is 0.995. The van der Waals surface area contributed by atoms with E-state index in [4.69, 9.17) is 10.5 Å². The molecule has 4 nitrogen and oxygen atoms in total. The number of aliphatic hydroxyl groups excluding tert-OH is 1. The van der Waals surface area contributed by atoms with Gasteiger partial charge in [0.25, 0.3) is 5.91 Å². The van der Waals surface area contributed by atoms with E-state index in [0.29, 0.717) is 11.8 Å². The molecule has 84 valence electrons. The van der Waals surface area contributed by atoms with Crippen LogP contribution in [0, 0.1) is 15.9 Å². The van der Waals surface area contributed by atoms with Crippen molar-refractivity contribution in [1.82, 2.24) is 5.32 Å². The number of amidine groups is 1. The Bertz CT molecular complexity index is 455. The highest BCUT2D eigenvalue weighted by atomic mass is 127. The van der Waals surface area contributed by atoms with Crippen LogP contribution in [0.15, 0.2) is 30.5 Å². The van der Waals surface area contributed by atoms with Crippen LogP contribution in [0.1, 0.15) is 15.9 Å². The van der Waals surface area contributed by atoms with E-state index < -0.39 is 0 Å². The molecule has 0 spiro atoms. The first-order chi connectivity index (χ1) is 7.54. The summed E-state index contributed by atoms with van der Waals surface area (Å²) in [6.45, 7) is 1.96. The summed E-state index contributed by atoms with van der Waals surface area (Å²) in [6, 6.07) is 5.30. The Morgan fingerprint density at radius 3 is 2.81 bits per heavy atom. The molecule has 5 heteroatoms. The summed E-state index contributed by atoms with van der Waals surface area (Å²) in [4.78, 5) is 11.6. The van der Waals surface area contributed by atoms with Crippen molar-refractivity contribution in [3.05, 3.63) is 45.2 Å². The number of hydrogen-bond acceptors (Lipinski definition) is 3. The Balaban J connectivity index is 2.81. The normalized spacial score (nSPS) is 10.4. The zero-order valence-corrected chi connectivity index (χ0v) is 10.8. The van der Waals surface area contributed by atoms with Crippen molar-refractivity contribution in [3.63, 3.8) is 0 Å². The van der Waals surface area contributed by atoms with Gasteiger partial charge in [0.1, 0.15) is 5.84 Å². The van der Waals surface area contributed by atoms with Crippen molar-refractivity contribution < 1.29 is 9.90 Å². The molecule has 0 aliphatic rings. The number of amides is 1. The van der Waals surface area contributed by atoms with Crippen LogP contribution in [-0.2, 0) is 0 Å². The number of aliphatic hydroxyl groups is 1. The highest BCUT2D eigenvalue weighted by Gasteiger charge is 2.07. The summed E-state index contributed by atoms with van der Waals surface area (Å²) in [7, 11) is 0. The fourth-order valence-corrected chi connectivity index (χ4v) is 1.56. The number of carbonyl (C=O) groups is 1. The van der Waals surface area contributed by atoms with Gasteiger partial charge in [-0.25, -0.2) is 0 Å². The van der Waals surface area contributed by atoms with Crippen molar-refractivity contribution >= 4 is 34.3 Å². The minimum atomic E-state index is -0.360. The standard InChI is InChI=1S/C11H11IN2O2/c1-7-2-3-8(6-9(7)12)11(16)14-10(13)4-5-15/h2-6,15H,1H3,(H2,13,14,16)/b5-4-. The second-order valence-electron chi connectivity index (χ2n) is 3.15. The molecular formula is C11H11IN2O2. The Labute approximate surface area is 107 Å². The van der Waals surface area contributed by atoms with Crippen molar-refractivity contribution in [3.8, 4) is 0 Å². The van der Waals surface area contributed by atoms with Crippen molar-refractivity contribution in [2.75, 3.05) is 0 Å². The van der Waals surface area contributed by atoms with Crippen LogP contribution < -0.4 is 5.32 Å². The summed E-state index contributed by atoms with van der Waals surface area (Å²) in [5.41, 5.74) is 1.59. The second kappa shape index (κ2) is 5.64. The highest BCUT2D eigenvalue weighted by molar-refractivity contribution is 14.1. The van der Waals surface area contributed by atoms with Gasteiger partial charge in [0.15, 0.2) is 0 Å². The van der Waals surface area contributed by atoms with Crippen LogP contribution in [0.3, 0.4) is 0 Å². The molecule has 0 aliphatic carbocycles. The Morgan fingerprint density at radius 2 is 2.25 bits per heavy atom. The van der Waals surface area contributed by atoms with Gasteiger partial charge in [-0.2, -0.15) is 0 Å². The highest BCUT2D eigenvalue weighted by Crippen LogP contribution is 2.13. The quantitative estimate of drug-likeness (QED) is 0.337. The molecule has 0 atom stereocenters.